The molecule has 0 aromatic rings. The van der Waals surface area contributed by atoms with Crippen molar-refractivity contribution in [2.45, 2.75) is 6.92 Å². The minimum absolute atomic E-state index is 0.00889. The van der Waals surface area contributed by atoms with E-state index >= 15 is 0 Å². The third kappa shape index (κ3) is 8.10. The van der Waals surface area contributed by atoms with Gasteiger partial charge >= 0.3 is 0 Å². The van der Waals surface area contributed by atoms with Crippen molar-refractivity contribution in [1.29, 1.82) is 0 Å². The first-order valence-corrected chi connectivity index (χ1v) is 5.90. The van der Waals surface area contributed by atoms with Crippen LogP contribution >= 0.6 is 0 Å². The predicted molar refractivity (Wildman–Crippen MR) is 47.0 cm³/mol. The zero-order valence-corrected chi connectivity index (χ0v) is 8.14. The summed E-state index contributed by atoms with van der Waals surface area (Å²) in [7, 11) is -0.00889. The van der Waals surface area contributed by atoms with E-state index < -0.39 is 0 Å². The van der Waals surface area contributed by atoms with Gasteiger partial charge in [0.1, 0.15) is 0 Å². The molecule has 0 heterocycles. The van der Waals surface area contributed by atoms with E-state index in [-0.39, 0.29) is 9.52 Å². The molecule has 0 aliphatic rings. The molecule has 0 unspecified atom stereocenters. The SMILES string of the molecule is CCOC[SiH2]CNCCN. The summed E-state index contributed by atoms with van der Waals surface area (Å²) in [4.78, 5) is 0. The molecule has 0 aromatic heterocycles. The maximum atomic E-state index is 5.29. The Kier molecular flexibility index (Phi) is 9.19. The summed E-state index contributed by atoms with van der Waals surface area (Å²) in [6.45, 7) is 4.56. The van der Waals surface area contributed by atoms with Gasteiger partial charge in [0.05, 0.1) is 9.52 Å². The van der Waals surface area contributed by atoms with Crippen LogP contribution in [0.1, 0.15) is 6.92 Å². The average Bonchev–Trinajstić information content (AvgIpc) is 1.97. The van der Waals surface area contributed by atoms with Crippen molar-refractivity contribution >= 4 is 9.52 Å². The van der Waals surface area contributed by atoms with Crippen molar-refractivity contribution in [3.8, 4) is 0 Å². The molecular formula is C6H18N2OSi. The molecule has 0 aliphatic heterocycles. The second-order valence-corrected chi connectivity index (χ2v) is 3.70. The minimum atomic E-state index is -0.00889. The summed E-state index contributed by atoms with van der Waals surface area (Å²) < 4.78 is 5.20. The second kappa shape index (κ2) is 9.10. The van der Waals surface area contributed by atoms with Crippen molar-refractivity contribution in [3.05, 3.63) is 0 Å². The van der Waals surface area contributed by atoms with Crippen molar-refractivity contribution in [2.75, 3.05) is 32.1 Å². The maximum absolute atomic E-state index is 5.29. The number of nitrogens with one attached hydrogen (secondary N) is 1. The molecule has 0 radical (unpaired) electrons. The number of nitrogens with two attached hydrogens (primary N) is 1. The van der Waals surface area contributed by atoms with Crippen LogP contribution in [-0.2, 0) is 4.74 Å². The quantitative estimate of drug-likeness (QED) is 0.360. The van der Waals surface area contributed by atoms with Crippen LogP contribution in [0.3, 0.4) is 0 Å². The molecule has 0 aromatic carbocycles. The lowest BCUT2D eigenvalue weighted by molar-refractivity contribution is 0.192. The molecule has 62 valence electrons. The smallest absolute Gasteiger partial charge is 0.0674 e. The number of rotatable bonds is 7. The first-order chi connectivity index (χ1) is 4.91. The molecule has 3 nitrogen and oxygen atoms in total. The fourth-order valence-corrected chi connectivity index (χ4v) is 1.81. The maximum Gasteiger partial charge on any atom is 0.0674 e. The Hall–Kier alpha value is 0.0969. The fraction of sp³-hybridized carbons (Fsp3) is 1.00. The summed E-state index contributed by atoms with van der Waals surface area (Å²) in [5.74, 6) is 0. The summed E-state index contributed by atoms with van der Waals surface area (Å²) in [6, 6.07) is 0. The predicted octanol–water partition coefficient (Wildman–Crippen LogP) is -1.34. The van der Waals surface area contributed by atoms with Gasteiger partial charge in [0.2, 0.25) is 0 Å². The van der Waals surface area contributed by atoms with Crippen LogP contribution in [0, 0.1) is 0 Å². The van der Waals surface area contributed by atoms with E-state index in [9.17, 15) is 0 Å². The van der Waals surface area contributed by atoms with Crippen molar-refractivity contribution < 1.29 is 4.74 Å². The Bertz CT molecular complexity index is 55.7. The van der Waals surface area contributed by atoms with Crippen molar-refractivity contribution in [3.63, 3.8) is 0 Å². The van der Waals surface area contributed by atoms with Crippen LogP contribution in [0.2, 0.25) is 0 Å². The average molecular weight is 162 g/mol. The lowest BCUT2D eigenvalue weighted by atomic mass is 10.7. The Morgan fingerprint density at radius 1 is 1.60 bits per heavy atom. The van der Waals surface area contributed by atoms with E-state index in [1.807, 2.05) is 6.92 Å². The summed E-state index contributed by atoms with van der Waals surface area (Å²) in [5, 5.41) is 3.25. The standard InChI is InChI=1S/C6H18N2OSi/c1-2-9-6-10-5-8-4-3-7/h8H,2-7,10H2,1H3. The van der Waals surface area contributed by atoms with Crippen molar-refractivity contribution in [1.82, 2.24) is 5.32 Å². The van der Waals surface area contributed by atoms with Crippen molar-refractivity contribution in [2.24, 2.45) is 5.73 Å². The minimum Gasteiger partial charge on any atom is -0.386 e. The Morgan fingerprint density at radius 2 is 2.40 bits per heavy atom. The van der Waals surface area contributed by atoms with Gasteiger partial charge in [-0.2, -0.15) is 0 Å². The van der Waals surface area contributed by atoms with Crippen LogP contribution < -0.4 is 11.1 Å². The number of hydrogen-bond donors (Lipinski definition) is 2. The molecule has 0 fully saturated rings. The molecule has 10 heavy (non-hydrogen) atoms. The van der Waals surface area contributed by atoms with Gasteiger partial charge < -0.3 is 15.8 Å². The topological polar surface area (TPSA) is 47.3 Å². The number of hydrogen-bond acceptors (Lipinski definition) is 3. The number of ether oxygens (including phenoxy) is 1. The molecule has 0 aliphatic carbocycles. The van der Waals surface area contributed by atoms with E-state index in [2.05, 4.69) is 5.32 Å². The van der Waals surface area contributed by atoms with E-state index in [4.69, 9.17) is 10.5 Å². The van der Waals surface area contributed by atoms with E-state index in [0.29, 0.717) is 0 Å². The van der Waals surface area contributed by atoms with Crippen LogP contribution in [0.5, 0.6) is 0 Å². The lowest BCUT2D eigenvalue weighted by Gasteiger charge is -2.01. The summed E-state index contributed by atoms with van der Waals surface area (Å²) >= 11 is 0. The third-order valence-electron chi connectivity index (χ3n) is 1.17. The Morgan fingerprint density at radius 3 is 3.00 bits per heavy atom. The van der Waals surface area contributed by atoms with E-state index in [1.54, 1.807) is 0 Å². The molecular weight excluding hydrogens is 144 g/mol. The zero-order chi connectivity index (χ0) is 7.66. The highest BCUT2D eigenvalue weighted by atomic mass is 28.2. The molecule has 0 spiro atoms. The summed E-state index contributed by atoms with van der Waals surface area (Å²) in [6.07, 6.45) is 2.14. The van der Waals surface area contributed by atoms with Crippen LogP contribution in [0.4, 0.5) is 0 Å². The van der Waals surface area contributed by atoms with Crippen LogP contribution in [0.25, 0.3) is 0 Å². The Balaban J connectivity index is 2.65. The highest BCUT2D eigenvalue weighted by Gasteiger charge is 1.86. The van der Waals surface area contributed by atoms with Gasteiger partial charge in [0.15, 0.2) is 0 Å². The van der Waals surface area contributed by atoms with Gasteiger partial charge in [-0.15, -0.1) is 0 Å². The van der Waals surface area contributed by atoms with Crippen LogP contribution in [-0.4, -0.2) is 41.6 Å². The first kappa shape index (κ1) is 10.1. The van der Waals surface area contributed by atoms with Gasteiger partial charge in [0.25, 0.3) is 0 Å². The van der Waals surface area contributed by atoms with E-state index in [0.717, 1.165) is 32.1 Å². The molecule has 0 rings (SSSR count). The molecule has 0 atom stereocenters. The lowest BCUT2D eigenvalue weighted by Crippen LogP contribution is -2.28. The Labute approximate surface area is 65.1 Å². The normalized spacial score (nSPS) is 11.4. The van der Waals surface area contributed by atoms with Gasteiger partial charge in [0, 0.05) is 25.9 Å². The van der Waals surface area contributed by atoms with Gasteiger partial charge in [-0.05, 0) is 13.1 Å². The van der Waals surface area contributed by atoms with Gasteiger partial charge in [-0.25, -0.2) is 0 Å². The molecule has 0 amide bonds. The highest BCUT2D eigenvalue weighted by molar-refractivity contribution is 6.35. The monoisotopic (exact) mass is 162 g/mol. The molecule has 0 saturated carbocycles. The fourth-order valence-electron chi connectivity index (χ4n) is 0.671. The first-order valence-electron chi connectivity index (χ1n) is 3.90. The third-order valence-corrected chi connectivity index (χ3v) is 2.45. The highest BCUT2D eigenvalue weighted by Crippen LogP contribution is 1.68. The van der Waals surface area contributed by atoms with Gasteiger partial charge in [-0.3, -0.25) is 0 Å². The second-order valence-electron chi connectivity index (χ2n) is 2.09. The molecule has 0 saturated heterocycles. The van der Waals surface area contributed by atoms with E-state index in [1.165, 1.54) is 0 Å². The molecule has 3 N–H and O–H groups in total. The van der Waals surface area contributed by atoms with Crippen LogP contribution in [0.15, 0.2) is 0 Å². The largest absolute Gasteiger partial charge is 0.386 e. The molecule has 4 heteroatoms. The van der Waals surface area contributed by atoms with Gasteiger partial charge in [-0.1, -0.05) is 0 Å². The summed E-state index contributed by atoms with van der Waals surface area (Å²) in [5.41, 5.74) is 5.29. The zero-order valence-electron chi connectivity index (χ0n) is 6.73. The molecule has 0 bridgehead atoms.